The zero-order valence-electron chi connectivity index (χ0n) is 8.31. The summed E-state index contributed by atoms with van der Waals surface area (Å²) in [5.41, 5.74) is 0. The molecule has 2 rings (SSSR count). The van der Waals surface area contributed by atoms with E-state index in [1.54, 1.807) is 6.07 Å². The smallest absolute Gasteiger partial charge is 0.358 e. The fourth-order valence-corrected chi connectivity index (χ4v) is 2.32. The first kappa shape index (κ1) is 11.3. The standard InChI is InChI=1S/C9H6N2O5S/c12-11(13)8-6-9(16-10-8)17(14,15)7-4-2-1-3-5-7/h1-6H. The summed E-state index contributed by atoms with van der Waals surface area (Å²) in [7, 11) is -3.89. The first-order chi connectivity index (χ1) is 8.01. The van der Waals surface area contributed by atoms with Crippen LogP contribution in [0.1, 0.15) is 0 Å². The summed E-state index contributed by atoms with van der Waals surface area (Å²) >= 11 is 0. The highest BCUT2D eigenvalue weighted by Crippen LogP contribution is 2.23. The van der Waals surface area contributed by atoms with E-state index in [0.717, 1.165) is 6.07 Å². The maximum atomic E-state index is 11.9. The van der Waals surface area contributed by atoms with Gasteiger partial charge in [0.2, 0.25) is 9.84 Å². The quantitative estimate of drug-likeness (QED) is 0.606. The summed E-state index contributed by atoms with van der Waals surface area (Å²) in [6, 6.07) is 8.24. The van der Waals surface area contributed by atoms with Gasteiger partial charge in [-0.05, 0) is 17.1 Å². The van der Waals surface area contributed by atoms with E-state index < -0.39 is 25.7 Å². The van der Waals surface area contributed by atoms with Crippen molar-refractivity contribution in [3.63, 3.8) is 0 Å². The van der Waals surface area contributed by atoms with Gasteiger partial charge < -0.3 is 10.1 Å². The van der Waals surface area contributed by atoms with E-state index in [0.29, 0.717) is 0 Å². The Labute approximate surface area is 95.7 Å². The Hall–Kier alpha value is -2.22. The predicted molar refractivity (Wildman–Crippen MR) is 55.1 cm³/mol. The molecular formula is C9H6N2O5S. The van der Waals surface area contributed by atoms with Crippen molar-refractivity contribution in [3.8, 4) is 0 Å². The highest BCUT2D eigenvalue weighted by Gasteiger charge is 2.27. The van der Waals surface area contributed by atoms with Crippen LogP contribution in [-0.4, -0.2) is 18.5 Å². The van der Waals surface area contributed by atoms with E-state index in [1.807, 2.05) is 0 Å². The van der Waals surface area contributed by atoms with Crippen LogP contribution in [0, 0.1) is 10.1 Å². The van der Waals surface area contributed by atoms with Gasteiger partial charge >= 0.3 is 5.82 Å². The maximum absolute atomic E-state index is 11.9. The highest BCUT2D eigenvalue weighted by atomic mass is 32.2. The Morgan fingerprint density at radius 2 is 1.88 bits per heavy atom. The van der Waals surface area contributed by atoms with E-state index in [-0.39, 0.29) is 4.90 Å². The van der Waals surface area contributed by atoms with E-state index in [9.17, 15) is 18.5 Å². The molecule has 1 heterocycles. The van der Waals surface area contributed by atoms with E-state index >= 15 is 0 Å². The third-order valence-electron chi connectivity index (χ3n) is 1.98. The van der Waals surface area contributed by atoms with Gasteiger partial charge in [-0.1, -0.05) is 18.2 Å². The summed E-state index contributed by atoms with van der Waals surface area (Å²) in [5.74, 6) is -0.639. The Morgan fingerprint density at radius 3 is 2.41 bits per heavy atom. The summed E-state index contributed by atoms with van der Waals surface area (Å²) in [6.45, 7) is 0. The SMILES string of the molecule is O=[N+]([O-])c1cc(S(=O)(=O)c2ccccc2)on1. The van der Waals surface area contributed by atoms with E-state index in [1.165, 1.54) is 24.3 Å². The van der Waals surface area contributed by atoms with Crippen molar-refractivity contribution < 1.29 is 17.9 Å². The molecule has 1 aromatic carbocycles. The molecule has 0 bridgehead atoms. The number of nitro groups is 1. The topological polar surface area (TPSA) is 103 Å². The lowest BCUT2D eigenvalue weighted by Gasteiger charge is -1.96. The molecule has 1 aromatic heterocycles. The lowest BCUT2D eigenvalue weighted by atomic mass is 10.4. The van der Waals surface area contributed by atoms with Gasteiger partial charge in [0.15, 0.2) is 5.16 Å². The third-order valence-corrected chi connectivity index (χ3v) is 3.60. The number of aromatic nitrogens is 1. The first-order valence-corrected chi connectivity index (χ1v) is 5.91. The lowest BCUT2D eigenvalue weighted by Crippen LogP contribution is -1.99. The van der Waals surface area contributed by atoms with Crippen molar-refractivity contribution in [1.82, 2.24) is 5.16 Å². The number of nitrogens with zero attached hydrogens (tertiary/aromatic N) is 2. The fraction of sp³-hybridized carbons (Fsp3) is 0. The van der Waals surface area contributed by atoms with Gasteiger partial charge in [-0.3, -0.25) is 0 Å². The zero-order chi connectivity index (χ0) is 12.5. The van der Waals surface area contributed by atoms with E-state index in [4.69, 9.17) is 0 Å². The molecule has 0 radical (unpaired) electrons. The van der Waals surface area contributed by atoms with Gasteiger partial charge in [0.1, 0.15) is 6.07 Å². The fourth-order valence-electron chi connectivity index (χ4n) is 1.18. The molecule has 0 aliphatic heterocycles. The molecule has 0 atom stereocenters. The minimum Gasteiger partial charge on any atom is -0.358 e. The second kappa shape index (κ2) is 3.98. The van der Waals surface area contributed by atoms with Gasteiger partial charge in [0.05, 0.1) is 4.90 Å². The van der Waals surface area contributed by atoms with Crippen LogP contribution >= 0.6 is 0 Å². The summed E-state index contributed by atoms with van der Waals surface area (Å²) in [6.07, 6.45) is 0. The molecule has 8 heteroatoms. The molecule has 0 saturated heterocycles. The monoisotopic (exact) mass is 254 g/mol. The molecular weight excluding hydrogens is 248 g/mol. The molecule has 0 fully saturated rings. The number of benzene rings is 1. The molecule has 0 unspecified atom stereocenters. The zero-order valence-corrected chi connectivity index (χ0v) is 9.12. The van der Waals surface area contributed by atoms with Crippen molar-refractivity contribution in [2.75, 3.05) is 0 Å². The normalized spacial score (nSPS) is 11.3. The summed E-state index contributed by atoms with van der Waals surface area (Å²) in [4.78, 5) is 9.53. The molecule has 0 aliphatic carbocycles. The minimum absolute atomic E-state index is 0.00829. The van der Waals surface area contributed by atoms with Crippen LogP contribution in [0.3, 0.4) is 0 Å². The predicted octanol–water partition coefficient (Wildman–Crippen LogP) is 1.42. The van der Waals surface area contributed by atoms with Gasteiger partial charge in [-0.25, -0.2) is 12.9 Å². The van der Waals surface area contributed by atoms with Crippen LogP contribution in [0.5, 0.6) is 0 Å². The average molecular weight is 254 g/mol. The molecule has 2 aromatic rings. The van der Waals surface area contributed by atoms with Crippen LogP contribution in [0.25, 0.3) is 0 Å². The Balaban J connectivity index is 2.49. The highest BCUT2D eigenvalue weighted by molar-refractivity contribution is 7.91. The van der Waals surface area contributed by atoms with Crippen molar-refractivity contribution in [1.29, 1.82) is 0 Å². The van der Waals surface area contributed by atoms with Crippen molar-refractivity contribution in [2.45, 2.75) is 9.99 Å². The van der Waals surface area contributed by atoms with Gasteiger partial charge in [-0.15, -0.1) is 0 Å². The van der Waals surface area contributed by atoms with Crippen LogP contribution in [0.2, 0.25) is 0 Å². The van der Waals surface area contributed by atoms with Crippen molar-refractivity contribution in [2.24, 2.45) is 0 Å². The van der Waals surface area contributed by atoms with Gasteiger partial charge in [-0.2, -0.15) is 0 Å². The molecule has 0 amide bonds. The Morgan fingerprint density at radius 1 is 1.24 bits per heavy atom. The molecule has 0 N–H and O–H groups in total. The maximum Gasteiger partial charge on any atom is 0.414 e. The molecule has 88 valence electrons. The Kier molecular flexibility index (Phi) is 2.64. The van der Waals surface area contributed by atoms with Crippen molar-refractivity contribution >= 4 is 15.7 Å². The van der Waals surface area contributed by atoms with Crippen molar-refractivity contribution in [3.05, 3.63) is 46.5 Å². The minimum atomic E-state index is -3.89. The molecule has 17 heavy (non-hydrogen) atoms. The second-order valence-corrected chi connectivity index (χ2v) is 4.96. The van der Waals surface area contributed by atoms with E-state index in [2.05, 4.69) is 9.68 Å². The first-order valence-electron chi connectivity index (χ1n) is 4.43. The van der Waals surface area contributed by atoms with Crippen LogP contribution in [0.4, 0.5) is 5.82 Å². The van der Waals surface area contributed by atoms with Crippen LogP contribution < -0.4 is 0 Å². The number of sulfone groups is 1. The lowest BCUT2D eigenvalue weighted by molar-refractivity contribution is -0.390. The molecule has 7 nitrogen and oxygen atoms in total. The Bertz CT molecular complexity index is 647. The molecule has 0 spiro atoms. The summed E-state index contributed by atoms with van der Waals surface area (Å²) in [5, 5.41) is 12.9. The van der Waals surface area contributed by atoms with Crippen LogP contribution in [0.15, 0.2) is 50.9 Å². The second-order valence-electron chi connectivity index (χ2n) is 3.08. The number of hydrogen-bond donors (Lipinski definition) is 0. The number of rotatable bonds is 3. The summed E-state index contributed by atoms with van der Waals surface area (Å²) < 4.78 is 28.3. The van der Waals surface area contributed by atoms with Crippen LogP contribution in [-0.2, 0) is 9.84 Å². The third kappa shape index (κ3) is 2.02. The van der Waals surface area contributed by atoms with Gasteiger partial charge in [0, 0.05) is 0 Å². The van der Waals surface area contributed by atoms with Gasteiger partial charge in [0.25, 0.3) is 5.09 Å². The molecule has 0 aliphatic rings. The molecule has 0 saturated carbocycles. The average Bonchev–Trinajstić information content (AvgIpc) is 2.80. The largest absolute Gasteiger partial charge is 0.414 e. The number of hydrogen-bond acceptors (Lipinski definition) is 6.